The third-order valence-corrected chi connectivity index (χ3v) is 1.88. The van der Waals surface area contributed by atoms with Gasteiger partial charge in [0.05, 0.1) is 17.8 Å². The number of rotatable bonds is 1. The number of carboxylic acids is 1. The van der Waals surface area contributed by atoms with Crippen LogP contribution in [-0.4, -0.2) is 17.6 Å². The molecule has 0 radical (unpaired) electrons. The van der Waals surface area contributed by atoms with E-state index in [1.54, 1.807) is 13.0 Å². The summed E-state index contributed by atoms with van der Waals surface area (Å²) in [5.41, 5.74) is 12.5. The van der Waals surface area contributed by atoms with Gasteiger partial charge in [-0.1, -0.05) is 11.8 Å². The van der Waals surface area contributed by atoms with E-state index >= 15 is 0 Å². The van der Waals surface area contributed by atoms with E-state index in [1.165, 1.54) is 6.07 Å². The largest absolute Gasteiger partial charge is 0.478 e. The van der Waals surface area contributed by atoms with Gasteiger partial charge in [-0.05, 0) is 24.6 Å². The van der Waals surface area contributed by atoms with E-state index < -0.39 is 5.97 Å². The van der Waals surface area contributed by atoms with Gasteiger partial charge >= 0.3 is 5.97 Å². The van der Waals surface area contributed by atoms with Crippen molar-refractivity contribution < 1.29 is 9.90 Å². The van der Waals surface area contributed by atoms with Gasteiger partial charge < -0.3 is 16.6 Å². The average Bonchev–Trinajstić information content (AvgIpc) is 2.18. The molecule has 15 heavy (non-hydrogen) atoms. The fourth-order valence-corrected chi connectivity index (χ4v) is 1.22. The summed E-state index contributed by atoms with van der Waals surface area (Å²) in [5, 5.41) is 8.89. The number of aromatic carboxylic acids is 1. The molecule has 0 bridgehead atoms. The lowest BCUT2D eigenvalue weighted by molar-refractivity contribution is 0.0698. The zero-order chi connectivity index (χ0) is 11.4. The molecule has 0 amide bonds. The fraction of sp³-hybridized carbons (Fsp3) is 0.182. The van der Waals surface area contributed by atoms with Gasteiger partial charge in [-0.2, -0.15) is 0 Å². The first kappa shape index (κ1) is 11.1. The average molecular weight is 204 g/mol. The van der Waals surface area contributed by atoms with Crippen LogP contribution in [0.5, 0.6) is 0 Å². The normalized spacial score (nSPS) is 9.20. The molecule has 1 aromatic carbocycles. The first-order valence-corrected chi connectivity index (χ1v) is 4.38. The van der Waals surface area contributed by atoms with Crippen molar-refractivity contribution in [3.8, 4) is 11.8 Å². The van der Waals surface area contributed by atoms with Crippen LogP contribution in [0.3, 0.4) is 0 Å². The SMILES string of the molecule is Cc1cc(C#CCN)c(N)c(C(=O)O)c1. The predicted octanol–water partition coefficient (Wildman–Crippen LogP) is 0.586. The van der Waals surface area contributed by atoms with E-state index in [0.29, 0.717) is 5.56 Å². The van der Waals surface area contributed by atoms with Gasteiger partial charge in [-0.3, -0.25) is 0 Å². The first-order chi connectivity index (χ1) is 7.06. The zero-order valence-electron chi connectivity index (χ0n) is 8.37. The Morgan fingerprint density at radius 1 is 1.53 bits per heavy atom. The van der Waals surface area contributed by atoms with Crippen molar-refractivity contribution >= 4 is 11.7 Å². The molecule has 0 atom stereocenters. The minimum Gasteiger partial charge on any atom is -0.478 e. The summed E-state index contributed by atoms with van der Waals surface area (Å²) in [5.74, 6) is 4.34. The minimum absolute atomic E-state index is 0.0799. The Balaban J connectivity index is 3.34. The second-order valence-corrected chi connectivity index (χ2v) is 3.08. The third kappa shape index (κ3) is 2.48. The number of aryl methyl sites for hydroxylation is 1. The van der Waals surface area contributed by atoms with Crippen molar-refractivity contribution in [3.63, 3.8) is 0 Å². The summed E-state index contributed by atoms with van der Waals surface area (Å²) in [6.07, 6.45) is 0. The van der Waals surface area contributed by atoms with Crippen LogP contribution in [0.25, 0.3) is 0 Å². The maximum atomic E-state index is 10.8. The molecule has 0 fully saturated rings. The Morgan fingerprint density at radius 3 is 2.73 bits per heavy atom. The fourth-order valence-electron chi connectivity index (χ4n) is 1.22. The maximum Gasteiger partial charge on any atom is 0.337 e. The number of anilines is 1. The molecule has 0 aliphatic heterocycles. The quantitative estimate of drug-likeness (QED) is 0.461. The van der Waals surface area contributed by atoms with Crippen molar-refractivity contribution in [2.75, 3.05) is 12.3 Å². The van der Waals surface area contributed by atoms with Gasteiger partial charge in [0, 0.05) is 5.56 Å². The van der Waals surface area contributed by atoms with Gasteiger partial charge in [0.25, 0.3) is 0 Å². The summed E-state index contributed by atoms with van der Waals surface area (Å²) in [7, 11) is 0. The molecule has 0 aromatic heterocycles. The van der Waals surface area contributed by atoms with Crippen LogP contribution in [0, 0.1) is 18.8 Å². The van der Waals surface area contributed by atoms with Gasteiger partial charge in [0.15, 0.2) is 0 Å². The highest BCUT2D eigenvalue weighted by Gasteiger charge is 2.11. The van der Waals surface area contributed by atoms with Crippen molar-refractivity contribution in [2.24, 2.45) is 5.73 Å². The summed E-state index contributed by atoms with van der Waals surface area (Å²) in [6, 6.07) is 3.26. The molecule has 0 saturated heterocycles. The smallest absolute Gasteiger partial charge is 0.337 e. The van der Waals surface area contributed by atoms with Crippen molar-refractivity contribution in [1.82, 2.24) is 0 Å². The van der Waals surface area contributed by atoms with Gasteiger partial charge in [-0.15, -0.1) is 0 Å². The number of hydrogen-bond acceptors (Lipinski definition) is 3. The minimum atomic E-state index is -1.05. The first-order valence-electron chi connectivity index (χ1n) is 4.38. The Labute approximate surface area is 87.9 Å². The number of hydrogen-bond donors (Lipinski definition) is 3. The molecule has 0 aliphatic carbocycles. The molecular formula is C11H12N2O2. The monoisotopic (exact) mass is 204 g/mol. The van der Waals surface area contributed by atoms with Crippen LogP contribution >= 0.6 is 0 Å². The molecule has 0 unspecified atom stereocenters. The molecule has 1 rings (SSSR count). The summed E-state index contributed by atoms with van der Waals surface area (Å²) in [4.78, 5) is 10.8. The van der Waals surface area contributed by atoms with Crippen LogP contribution in [0.15, 0.2) is 12.1 Å². The molecule has 5 N–H and O–H groups in total. The highest BCUT2D eigenvalue weighted by atomic mass is 16.4. The number of nitrogens with two attached hydrogens (primary N) is 2. The second kappa shape index (κ2) is 4.49. The van der Waals surface area contributed by atoms with Gasteiger partial charge in [0.2, 0.25) is 0 Å². The molecule has 4 nitrogen and oxygen atoms in total. The molecule has 4 heteroatoms. The van der Waals surface area contributed by atoms with Crippen molar-refractivity contribution in [1.29, 1.82) is 0 Å². The summed E-state index contributed by atoms with van der Waals surface area (Å²) in [6.45, 7) is 2.01. The molecule has 1 aromatic rings. The third-order valence-electron chi connectivity index (χ3n) is 1.88. The highest BCUT2D eigenvalue weighted by molar-refractivity contribution is 5.95. The molecule has 0 spiro atoms. The van der Waals surface area contributed by atoms with E-state index in [1.807, 2.05) is 0 Å². The molecule has 0 heterocycles. The lowest BCUT2D eigenvalue weighted by Crippen LogP contribution is -2.05. The van der Waals surface area contributed by atoms with E-state index in [9.17, 15) is 4.79 Å². The molecule has 78 valence electrons. The second-order valence-electron chi connectivity index (χ2n) is 3.08. The van der Waals surface area contributed by atoms with Gasteiger partial charge in [0.1, 0.15) is 0 Å². The maximum absolute atomic E-state index is 10.8. The predicted molar refractivity (Wildman–Crippen MR) is 58.5 cm³/mol. The molecular weight excluding hydrogens is 192 g/mol. The Kier molecular flexibility index (Phi) is 3.32. The lowest BCUT2D eigenvalue weighted by Gasteiger charge is -2.05. The van der Waals surface area contributed by atoms with Crippen LogP contribution < -0.4 is 11.5 Å². The number of carboxylic acid groups (broad SMARTS) is 1. The van der Waals surface area contributed by atoms with Crippen molar-refractivity contribution in [2.45, 2.75) is 6.92 Å². The highest BCUT2D eigenvalue weighted by Crippen LogP contribution is 2.19. The van der Waals surface area contributed by atoms with Gasteiger partial charge in [-0.25, -0.2) is 4.79 Å². The lowest BCUT2D eigenvalue weighted by atomic mass is 10.0. The van der Waals surface area contributed by atoms with Crippen LogP contribution in [-0.2, 0) is 0 Å². The van der Waals surface area contributed by atoms with E-state index in [2.05, 4.69) is 11.8 Å². The standard InChI is InChI=1S/C11H12N2O2/c1-7-5-8(3-2-4-12)10(13)9(6-7)11(14)15/h5-6H,4,12-13H2,1H3,(H,14,15). The summed E-state index contributed by atoms with van der Waals surface area (Å²) < 4.78 is 0. The van der Waals surface area contributed by atoms with E-state index in [0.717, 1.165) is 5.56 Å². The Hall–Kier alpha value is -1.99. The number of nitrogen functional groups attached to an aromatic ring is 1. The zero-order valence-corrected chi connectivity index (χ0v) is 8.37. The number of carbonyl (C=O) groups is 1. The van der Waals surface area contributed by atoms with E-state index in [4.69, 9.17) is 16.6 Å². The Morgan fingerprint density at radius 2 is 2.20 bits per heavy atom. The number of benzene rings is 1. The Bertz CT molecular complexity index is 456. The molecule has 0 aliphatic rings. The van der Waals surface area contributed by atoms with E-state index in [-0.39, 0.29) is 17.8 Å². The van der Waals surface area contributed by atoms with Crippen LogP contribution in [0.4, 0.5) is 5.69 Å². The summed E-state index contributed by atoms with van der Waals surface area (Å²) >= 11 is 0. The van der Waals surface area contributed by atoms with Crippen LogP contribution in [0.2, 0.25) is 0 Å². The topological polar surface area (TPSA) is 89.3 Å². The molecule has 0 saturated carbocycles. The van der Waals surface area contributed by atoms with Crippen LogP contribution in [0.1, 0.15) is 21.5 Å². The van der Waals surface area contributed by atoms with Crippen molar-refractivity contribution in [3.05, 3.63) is 28.8 Å².